The zero-order valence-electron chi connectivity index (χ0n) is 19.2. The quantitative estimate of drug-likeness (QED) is 0.537. The van der Waals surface area contributed by atoms with E-state index in [0.717, 1.165) is 10.9 Å². The van der Waals surface area contributed by atoms with Crippen LogP contribution < -0.4 is 15.9 Å². The molecule has 1 N–H and O–H groups in total. The van der Waals surface area contributed by atoms with Crippen LogP contribution in [0.25, 0.3) is 10.9 Å². The first kappa shape index (κ1) is 23.8. The number of aromatic nitrogens is 2. The fraction of sp³-hybridized carbons (Fsp3) is 0.360. The number of hydrogen-bond donors (Lipinski definition) is 1. The Morgan fingerprint density at radius 1 is 1.18 bits per heavy atom. The zero-order chi connectivity index (χ0) is 24.2. The Morgan fingerprint density at radius 2 is 1.91 bits per heavy atom. The van der Waals surface area contributed by atoms with Gasteiger partial charge in [0.05, 0.1) is 18.0 Å². The summed E-state index contributed by atoms with van der Waals surface area (Å²) in [7, 11) is 0. The SMILES string of the molecule is CCOC(=O)C1CCN(c2nc(=O)n(CC(=O)Nc3ccc(C)c(Cl)c3)c3ccccc23)CC1. The molecule has 4 rings (SSSR count). The molecule has 0 spiro atoms. The summed E-state index contributed by atoms with van der Waals surface area (Å²) in [4.78, 5) is 44.1. The maximum atomic E-state index is 13.0. The molecule has 1 saturated heterocycles. The summed E-state index contributed by atoms with van der Waals surface area (Å²) >= 11 is 6.15. The Hall–Kier alpha value is -3.39. The number of amides is 1. The molecule has 1 aliphatic heterocycles. The van der Waals surface area contributed by atoms with Gasteiger partial charge in [0.2, 0.25) is 5.91 Å². The molecule has 178 valence electrons. The van der Waals surface area contributed by atoms with Gasteiger partial charge in [-0.1, -0.05) is 29.8 Å². The van der Waals surface area contributed by atoms with Crippen LogP contribution in [0.1, 0.15) is 25.3 Å². The predicted octanol–water partition coefficient (Wildman–Crippen LogP) is 3.78. The first-order chi connectivity index (χ1) is 16.4. The van der Waals surface area contributed by atoms with Crippen LogP contribution in [0.2, 0.25) is 5.02 Å². The van der Waals surface area contributed by atoms with E-state index in [0.29, 0.717) is 54.6 Å². The molecule has 0 saturated carbocycles. The van der Waals surface area contributed by atoms with Crippen molar-refractivity contribution >= 4 is 45.9 Å². The van der Waals surface area contributed by atoms with Crippen LogP contribution in [0.4, 0.5) is 11.5 Å². The molecule has 0 bridgehead atoms. The highest BCUT2D eigenvalue weighted by Crippen LogP contribution is 2.28. The first-order valence-corrected chi connectivity index (χ1v) is 11.7. The zero-order valence-corrected chi connectivity index (χ0v) is 20.0. The van der Waals surface area contributed by atoms with E-state index in [9.17, 15) is 14.4 Å². The number of aryl methyl sites for hydroxylation is 1. The number of esters is 1. The number of carbonyl (C=O) groups excluding carboxylic acids is 2. The molecule has 1 aliphatic rings. The van der Waals surface area contributed by atoms with Crippen molar-refractivity contribution in [1.82, 2.24) is 9.55 Å². The number of anilines is 2. The second-order valence-corrected chi connectivity index (χ2v) is 8.75. The number of piperidine rings is 1. The standard InChI is InChI=1S/C25H27ClN4O4/c1-3-34-24(32)17-10-12-29(13-11-17)23-19-6-4-5-7-21(19)30(25(33)28-23)15-22(31)27-18-9-8-16(2)20(26)14-18/h4-9,14,17H,3,10-13,15H2,1-2H3,(H,27,31). The van der Waals surface area contributed by atoms with Crippen LogP contribution in [-0.2, 0) is 20.9 Å². The van der Waals surface area contributed by atoms with Crippen molar-refractivity contribution in [2.45, 2.75) is 33.2 Å². The van der Waals surface area contributed by atoms with Gasteiger partial charge in [-0.15, -0.1) is 0 Å². The lowest BCUT2D eigenvalue weighted by atomic mass is 9.97. The topological polar surface area (TPSA) is 93.5 Å². The van der Waals surface area contributed by atoms with Crippen LogP contribution in [0.5, 0.6) is 0 Å². The number of nitrogens with zero attached hydrogens (tertiary/aromatic N) is 3. The molecule has 1 aromatic heterocycles. The lowest BCUT2D eigenvalue weighted by Crippen LogP contribution is -2.39. The Balaban J connectivity index is 1.56. The molecule has 0 unspecified atom stereocenters. The molecule has 2 aromatic carbocycles. The summed E-state index contributed by atoms with van der Waals surface area (Å²) < 4.78 is 6.52. The Labute approximate surface area is 202 Å². The van der Waals surface area contributed by atoms with Crippen molar-refractivity contribution < 1.29 is 14.3 Å². The van der Waals surface area contributed by atoms with E-state index < -0.39 is 5.69 Å². The van der Waals surface area contributed by atoms with E-state index in [1.54, 1.807) is 19.1 Å². The number of rotatable bonds is 6. The fourth-order valence-electron chi connectivity index (χ4n) is 4.21. The largest absolute Gasteiger partial charge is 0.466 e. The fourth-order valence-corrected chi connectivity index (χ4v) is 4.39. The highest BCUT2D eigenvalue weighted by Gasteiger charge is 2.28. The smallest absolute Gasteiger partial charge is 0.350 e. The summed E-state index contributed by atoms with van der Waals surface area (Å²) in [6.45, 7) is 5.06. The van der Waals surface area contributed by atoms with Gasteiger partial charge >= 0.3 is 11.7 Å². The first-order valence-electron chi connectivity index (χ1n) is 11.3. The van der Waals surface area contributed by atoms with Gasteiger partial charge in [-0.2, -0.15) is 4.98 Å². The number of hydrogen-bond acceptors (Lipinski definition) is 6. The van der Waals surface area contributed by atoms with E-state index in [2.05, 4.69) is 10.3 Å². The molecule has 0 radical (unpaired) electrons. The highest BCUT2D eigenvalue weighted by atomic mass is 35.5. The number of halogens is 1. The van der Waals surface area contributed by atoms with Gasteiger partial charge in [0, 0.05) is 29.2 Å². The van der Waals surface area contributed by atoms with Crippen molar-refractivity contribution in [2.24, 2.45) is 5.92 Å². The van der Waals surface area contributed by atoms with Gasteiger partial charge in [-0.25, -0.2) is 4.79 Å². The molecule has 0 atom stereocenters. The van der Waals surface area contributed by atoms with Crippen LogP contribution >= 0.6 is 11.6 Å². The van der Waals surface area contributed by atoms with Crippen LogP contribution in [0.3, 0.4) is 0 Å². The van der Waals surface area contributed by atoms with Crippen molar-refractivity contribution in [3.8, 4) is 0 Å². The Morgan fingerprint density at radius 3 is 2.62 bits per heavy atom. The van der Waals surface area contributed by atoms with Crippen molar-refractivity contribution in [2.75, 3.05) is 29.9 Å². The molecule has 34 heavy (non-hydrogen) atoms. The number of ether oxygens (including phenoxy) is 1. The average molecular weight is 483 g/mol. The third-order valence-corrected chi connectivity index (χ3v) is 6.45. The monoisotopic (exact) mass is 482 g/mol. The maximum Gasteiger partial charge on any atom is 0.350 e. The molecule has 9 heteroatoms. The molecule has 0 aliphatic carbocycles. The van der Waals surface area contributed by atoms with Crippen LogP contribution in [0, 0.1) is 12.8 Å². The molecule has 2 heterocycles. The molecule has 1 amide bonds. The van der Waals surface area contributed by atoms with E-state index in [4.69, 9.17) is 16.3 Å². The summed E-state index contributed by atoms with van der Waals surface area (Å²) in [5, 5.41) is 4.12. The number of nitrogens with one attached hydrogen (secondary N) is 1. The van der Waals surface area contributed by atoms with E-state index in [-0.39, 0.29) is 24.3 Å². The number of para-hydroxylation sites is 1. The minimum atomic E-state index is -0.502. The second kappa shape index (κ2) is 10.3. The Bertz CT molecular complexity index is 1280. The van der Waals surface area contributed by atoms with Crippen LogP contribution in [0.15, 0.2) is 47.3 Å². The number of benzene rings is 2. The van der Waals surface area contributed by atoms with Gasteiger partial charge in [0.1, 0.15) is 12.4 Å². The Kier molecular flexibility index (Phi) is 7.17. The van der Waals surface area contributed by atoms with Gasteiger partial charge in [0.25, 0.3) is 0 Å². The van der Waals surface area contributed by atoms with Gasteiger partial charge in [-0.3, -0.25) is 14.2 Å². The second-order valence-electron chi connectivity index (χ2n) is 8.35. The lowest BCUT2D eigenvalue weighted by Gasteiger charge is -2.32. The van der Waals surface area contributed by atoms with Crippen molar-refractivity contribution in [3.63, 3.8) is 0 Å². The minimum Gasteiger partial charge on any atom is -0.466 e. The molecular weight excluding hydrogens is 456 g/mol. The van der Waals surface area contributed by atoms with Gasteiger partial charge in [0.15, 0.2) is 0 Å². The summed E-state index contributed by atoms with van der Waals surface area (Å²) in [6.07, 6.45) is 1.28. The molecule has 1 fully saturated rings. The van der Waals surface area contributed by atoms with Gasteiger partial charge < -0.3 is 15.0 Å². The third-order valence-electron chi connectivity index (χ3n) is 6.04. The minimum absolute atomic E-state index is 0.137. The lowest BCUT2D eigenvalue weighted by molar-refractivity contribution is -0.148. The average Bonchev–Trinajstić information content (AvgIpc) is 2.83. The van der Waals surface area contributed by atoms with E-state index in [1.165, 1.54) is 4.57 Å². The van der Waals surface area contributed by atoms with Gasteiger partial charge in [-0.05, 0) is 56.5 Å². The summed E-state index contributed by atoms with van der Waals surface area (Å²) in [5.41, 5.74) is 1.60. The normalized spacial score (nSPS) is 14.3. The van der Waals surface area contributed by atoms with E-state index in [1.807, 2.05) is 42.2 Å². The predicted molar refractivity (Wildman–Crippen MR) is 132 cm³/mol. The molecular formula is C25H27ClN4O4. The number of fused-ring (bicyclic) bond motifs is 1. The molecule has 8 nitrogen and oxygen atoms in total. The number of carbonyl (C=O) groups is 2. The van der Waals surface area contributed by atoms with Crippen molar-refractivity contribution in [1.29, 1.82) is 0 Å². The maximum absolute atomic E-state index is 13.0. The summed E-state index contributed by atoms with van der Waals surface area (Å²) in [6, 6.07) is 12.7. The van der Waals surface area contributed by atoms with Crippen molar-refractivity contribution in [3.05, 3.63) is 63.5 Å². The van der Waals surface area contributed by atoms with Crippen LogP contribution in [-0.4, -0.2) is 41.1 Å². The van der Waals surface area contributed by atoms with E-state index >= 15 is 0 Å². The molecule has 3 aromatic rings. The summed E-state index contributed by atoms with van der Waals surface area (Å²) in [5.74, 6) is -0.0834. The highest BCUT2D eigenvalue weighted by molar-refractivity contribution is 6.31. The third kappa shape index (κ3) is 5.07.